The van der Waals surface area contributed by atoms with Gasteiger partial charge in [-0.25, -0.2) is 14.8 Å². The summed E-state index contributed by atoms with van der Waals surface area (Å²) >= 11 is 0. The molecular weight excluding hydrogens is 510 g/mol. The smallest absolute Gasteiger partial charge is 0.326 e. The molecule has 214 valence electrons. The highest BCUT2D eigenvalue weighted by atomic mass is 16.4. The molecule has 0 radical (unpaired) electrons. The Kier molecular flexibility index (Phi) is 11.9. The average Bonchev–Trinajstić information content (AvgIpc) is 3.58. The number of imidazole rings is 2. The Bertz CT molecular complexity index is 1100. The molecule has 4 atom stereocenters. The molecule has 0 saturated heterocycles. The predicted octanol–water partition coefficient (Wildman–Crippen LogP) is -2.51. The second-order valence-electron chi connectivity index (χ2n) is 9.30. The largest absolute Gasteiger partial charge is 0.480 e. The van der Waals surface area contributed by atoms with Crippen molar-refractivity contribution in [2.24, 2.45) is 28.1 Å². The number of amides is 3. The van der Waals surface area contributed by atoms with Gasteiger partial charge in [0.2, 0.25) is 17.7 Å². The first-order valence-electron chi connectivity index (χ1n) is 12.4. The van der Waals surface area contributed by atoms with Gasteiger partial charge in [-0.05, 0) is 18.8 Å². The molecular formula is C23H37N11O5. The molecule has 0 aliphatic heterocycles. The molecule has 0 aromatic carbocycles. The molecule has 39 heavy (non-hydrogen) atoms. The minimum absolute atomic E-state index is 0.0440. The van der Waals surface area contributed by atoms with E-state index in [-0.39, 0.29) is 37.7 Å². The van der Waals surface area contributed by atoms with Gasteiger partial charge in [-0.15, -0.1) is 0 Å². The summed E-state index contributed by atoms with van der Waals surface area (Å²) in [6.07, 6.45) is 6.14. The molecule has 12 N–H and O–H groups in total. The molecule has 0 saturated carbocycles. The van der Waals surface area contributed by atoms with Crippen molar-refractivity contribution in [2.75, 3.05) is 6.54 Å². The fraction of sp³-hybridized carbons (Fsp3) is 0.522. The quantitative estimate of drug-likeness (QED) is 0.0605. The van der Waals surface area contributed by atoms with Crippen LogP contribution in [0.5, 0.6) is 0 Å². The first kappa shape index (κ1) is 30.8. The number of hydrogen-bond donors (Lipinski definition) is 9. The van der Waals surface area contributed by atoms with Crippen molar-refractivity contribution in [3.05, 3.63) is 36.4 Å². The molecule has 2 aromatic rings. The molecule has 0 aliphatic rings. The molecule has 0 fully saturated rings. The van der Waals surface area contributed by atoms with Crippen LogP contribution in [0.25, 0.3) is 0 Å². The maximum absolute atomic E-state index is 13.4. The third kappa shape index (κ3) is 10.4. The van der Waals surface area contributed by atoms with Gasteiger partial charge in [-0.2, -0.15) is 0 Å². The van der Waals surface area contributed by atoms with Gasteiger partial charge < -0.3 is 48.2 Å². The molecule has 16 heteroatoms. The summed E-state index contributed by atoms with van der Waals surface area (Å²) in [5, 5.41) is 17.4. The van der Waals surface area contributed by atoms with Crippen LogP contribution < -0.4 is 33.2 Å². The van der Waals surface area contributed by atoms with E-state index in [1.807, 2.05) is 0 Å². The number of nitrogens with one attached hydrogen (secondary N) is 5. The van der Waals surface area contributed by atoms with E-state index in [2.05, 4.69) is 40.9 Å². The topological polar surface area (TPSA) is 272 Å². The Balaban J connectivity index is 2.21. The van der Waals surface area contributed by atoms with Gasteiger partial charge in [0.25, 0.3) is 0 Å². The van der Waals surface area contributed by atoms with Crippen LogP contribution in [-0.4, -0.2) is 85.4 Å². The van der Waals surface area contributed by atoms with Gasteiger partial charge in [0.15, 0.2) is 5.96 Å². The fourth-order valence-corrected chi connectivity index (χ4v) is 3.53. The minimum Gasteiger partial charge on any atom is -0.480 e. The van der Waals surface area contributed by atoms with Crippen molar-refractivity contribution >= 4 is 29.7 Å². The predicted molar refractivity (Wildman–Crippen MR) is 141 cm³/mol. The van der Waals surface area contributed by atoms with Crippen LogP contribution in [0, 0.1) is 5.92 Å². The molecule has 2 heterocycles. The maximum Gasteiger partial charge on any atom is 0.326 e. The molecule has 0 aliphatic carbocycles. The van der Waals surface area contributed by atoms with Crippen LogP contribution >= 0.6 is 0 Å². The number of nitrogens with two attached hydrogens (primary N) is 3. The first-order chi connectivity index (χ1) is 18.5. The Morgan fingerprint density at radius 2 is 1.41 bits per heavy atom. The van der Waals surface area contributed by atoms with Crippen LogP contribution in [0.1, 0.15) is 38.1 Å². The number of hydrogen-bond acceptors (Lipinski definition) is 8. The number of H-pyrrole nitrogens is 2. The van der Waals surface area contributed by atoms with E-state index >= 15 is 0 Å². The summed E-state index contributed by atoms with van der Waals surface area (Å²) in [6.45, 7) is 3.72. The number of aromatic amines is 2. The lowest BCUT2D eigenvalue weighted by Crippen LogP contribution is -2.58. The van der Waals surface area contributed by atoms with E-state index in [9.17, 15) is 24.3 Å². The standard InChI is InChI=1S/C23H37N11O5/c1-12(2)18(24)21(37)33-16(6-13-8-27-10-30-13)20(36)32-15(4-3-5-29-23(25)26)19(35)34-17(22(38)39)7-14-9-28-11-31-14/h8-12,15-18H,3-7,24H2,1-2H3,(H,27,30)(H,28,31)(H,32,36)(H,33,37)(H,34,35)(H,38,39)(H4,25,26,29). The molecule has 2 aromatic heterocycles. The highest BCUT2D eigenvalue weighted by Crippen LogP contribution is 2.07. The number of nitrogens with zero attached hydrogens (tertiary/aromatic N) is 3. The molecule has 4 unspecified atom stereocenters. The number of aromatic nitrogens is 4. The van der Waals surface area contributed by atoms with Crippen molar-refractivity contribution in [3.63, 3.8) is 0 Å². The number of carbonyl (C=O) groups excluding carboxylic acids is 3. The third-order valence-corrected chi connectivity index (χ3v) is 5.80. The van der Waals surface area contributed by atoms with Crippen molar-refractivity contribution in [2.45, 2.75) is 63.7 Å². The normalized spacial score (nSPS) is 14.1. The SMILES string of the molecule is CC(C)C(N)C(=O)NC(Cc1cnc[nH]1)C(=O)NC(CCCN=C(N)N)C(=O)NC(Cc1cnc[nH]1)C(=O)O. The highest BCUT2D eigenvalue weighted by molar-refractivity contribution is 5.94. The van der Waals surface area contributed by atoms with Crippen LogP contribution in [0.15, 0.2) is 30.0 Å². The zero-order chi connectivity index (χ0) is 28.9. The summed E-state index contributed by atoms with van der Waals surface area (Å²) in [7, 11) is 0. The van der Waals surface area contributed by atoms with Crippen molar-refractivity contribution in [3.8, 4) is 0 Å². The second kappa shape index (κ2) is 15.1. The number of carboxylic acids is 1. The van der Waals surface area contributed by atoms with Crippen molar-refractivity contribution in [1.29, 1.82) is 0 Å². The Morgan fingerprint density at radius 1 is 0.897 bits per heavy atom. The summed E-state index contributed by atoms with van der Waals surface area (Å²) in [6, 6.07) is -4.41. The van der Waals surface area contributed by atoms with E-state index in [0.29, 0.717) is 17.8 Å². The number of carbonyl (C=O) groups is 4. The monoisotopic (exact) mass is 547 g/mol. The van der Waals surface area contributed by atoms with E-state index in [4.69, 9.17) is 17.2 Å². The van der Waals surface area contributed by atoms with Crippen LogP contribution in [0.2, 0.25) is 0 Å². The zero-order valence-corrected chi connectivity index (χ0v) is 21.9. The first-order valence-corrected chi connectivity index (χ1v) is 12.4. The molecule has 0 spiro atoms. The van der Waals surface area contributed by atoms with E-state index in [1.165, 1.54) is 25.0 Å². The lowest BCUT2D eigenvalue weighted by Gasteiger charge is -2.25. The number of rotatable bonds is 16. The summed E-state index contributed by atoms with van der Waals surface area (Å²) in [5.41, 5.74) is 17.7. The Hall–Kier alpha value is -4.47. The number of aliphatic imine (C=N–C) groups is 1. The van der Waals surface area contributed by atoms with Gasteiger partial charge in [0.1, 0.15) is 18.1 Å². The average molecular weight is 548 g/mol. The molecule has 2 rings (SSSR count). The van der Waals surface area contributed by atoms with Gasteiger partial charge in [-0.1, -0.05) is 13.8 Å². The fourth-order valence-electron chi connectivity index (χ4n) is 3.53. The second-order valence-corrected chi connectivity index (χ2v) is 9.30. The zero-order valence-electron chi connectivity index (χ0n) is 21.9. The lowest BCUT2D eigenvalue weighted by molar-refractivity contribution is -0.142. The van der Waals surface area contributed by atoms with Crippen molar-refractivity contribution < 1.29 is 24.3 Å². The van der Waals surface area contributed by atoms with Gasteiger partial charge in [0.05, 0.1) is 18.7 Å². The summed E-state index contributed by atoms with van der Waals surface area (Å²) in [4.78, 5) is 68.3. The van der Waals surface area contributed by atoms with Gasteiger partial charge in [0, 0.05) is 43.2 Å². The summed E-state index contributed by atoms with van der Waals surface area (Å²) in [5.74, 6) is -3.52. The number of aliphatic carboxylic acids is 1. The van der Waals surface area contributed by atoms with Gasteiger partial charge in [-0.3, -0.25) is 19.4 Å². The number of carboxylic acid groups (broad SMARTS) is 1. The van der Waals surface area contributed by atoms with E-state index < -0.39 is 47.9 Å². The van der Waals surface area contributed by atoms with Crippen LogP contribution in [0.3, 0.4) is 0 Å². The highest BCUT2D eigenvalue weighted by Gasteiger charge is 2.31. The Labute approximate surface area is 225 Å². The number of guanidine groups is 1. The minimum atomic E-state index is -1.29. The molecule has 0 bridgehead atoms. The van der Waals surface area contributed by atoms with Crippen LogP contribution in [-0.2, 0) is 32.0 Å². The Morgan fingerprint density at radius 3 is 1.90 bits per heavy atom. The molecule has 16 nitrogen and oxygen atoms in total. The van der Waals surface area contributed by atoms with E-state index in [0.717, 1.165) is 0 Å². The van der Waals surface area contributed by atoms with Gasteiger partial charge >= 0.3 is 5.97 Å². The van der Waals surface area contributed by atoms with Crippen molar-refractivity contribution in [1.82, 2.24) is 35.9 Å². The third-order valence-electron chi connectivity index (χ3n) is 5.80. The maximum atomic E-state index is 13.4. The lowest BCUT2D eigenvalue weighted by atomic mass is 10.0. The summed E-state index contributed by atoms with van der Waals surface area (Å²) < 4.78 is 0. The van der Waals surface area contributed by atoms with Crippen LogP contribution in [0.4, 0.5) is 0 Å². The molecule has 3 amide bonds. The van der Waals surface area contributed by atoms with E-state index in [1.54, 1.807) is 13.8 Å².